The number of amides is 1. The Morgan fingerprint density at radius 2 is 1.97 bits per heavy atom. The second-order valence-corrected chi connectivity index (χ2v) is 7.86. The van der Waals surface area contributed by atoms with Gasteiger partial charge in [-0.2, -0.15) is 18.4 Å². The van der Waals surface area contributed by atoms with Gasteiger partial charge in [0.1, 0.15) is 6.07 Å². The highest BCUT2D eigenvalue weighted by Gasteiger charge is 2.42. The van der Waals surface area contributed by atoms with Gasteiger partial charge in [-0.05, 0) is 36.6 Å². The number of piperidine rings is 1. The smallest absolute Gasteiger partial charge is 0.363 e. The van der Waals surface area contributed by atoms with Crippen molar-refractivity contribution in [2.75, 3.05) is 23.4 Å². The molecule has 2 aromatic rings. The van der Waals surface area contributed by atoms with E-state index in [1.165, 1.54) is 0 Å². The van der Waals surface area contributed by atoms with Crippen LogP contribution in [0.2, 0.25) is 5.02 Å². The number of fused-ring (bicyclic) bond motifs is 5. The largest absolute Gasteiger partial charge is 0.471 e. The summed E-state index contributed by atoms with van der Waals surface area (Å²) in [4.78, 5) is 15.5. The van der Waals surface area contributed by atoms with Crippen LogP contribution in [0.1, 0.15) is 30.0 Å². The molecule has 156 valence electrons. The van der Waals surface area contributed by atoms with E-state index in [2.05, 4.69) is 16.3 Å². The summed E-state index contributed by atoms with van der Waals surface area (Å²) in [5.74, 6) is -1.91. The Morgan fingerprint density at radius 1 is 1.23 bits per heavy atom. The highest BCUT2D eigenvalue weighted by atomic mass is 35.5. The van der Waals surface area contributed by atoms with Gasteiger partial charge in [-0.15, -0.1) is 0 Å². The Bertz CT molecular complexity index is 1050. The van der Waals surface area contributed by atoms with Crippen LogP contribution >= 0.6 is 11.6 Å². The molecule has 0 aromatic heterocycles. The molecule has 0 spiro atoms. The lowest BCUT2D eigenvalue weighted by atomic mass is 9.90. The highest BCUT2D eigenvalue weighted by molar-refractivity contribution is 6.32. The standard InChI is InChI=1S/C21H18ClF3N4O/c1-28-16-5-3-2-4-14(16)17-9-13(27-20(30)21(23,24)25)6-7-29(17)19-10-15(22)12(11-26)8-18(19)28/h2-5,8,10,13,17H,6-7,9H2,1H3,(H,27,30). The van der Waals surface area contributed by atoms with Crippen molar-refractivity contribution in [3.05, 3.63) is 52.5 Å². The Hall–Kier alpha value is -2.92. The number of nitriles is 1. The van der Waals surface area contributed by atoms with Crippen molar-refractivity contribution < 1.29 is 18.0 Å². The zero-order chi connectivity index (χ0) is 21.6. The number of anilines is 3. The number of nitrogens with zero attached hydrogens (tertiary/aromatic N) is 3. The van der Waals surface area contributed by atoms with E-state index in [-0.39, 0.29) is 6.04 Å². The summed E-state index contributed by atoms with van der Waals surface area (Å²) in [7, 11) is 1.88. The molecule has 2 aliphatic rings. The van der Waals surface area contributed by atoms with E-state index in [9.17, 15) is 23.2 Å². The van der Waals surface area contributed by atoms with Crippen LogP contribution in [0.25, 0.3) is 0 Å². The highest BCUT2D eigenvalue weighted by Crippen LogP contribution is 2.49. The number of alkyl halides is 3. The van der Waals surface area contributed by atoms with E-state index in [4.69, 9.17) is 11.6 Å². The summed E-state index contributed by atoms with van der Waals surface area (Å²) in [6.45, 7) is 0.435. The van der Waals surface area contributed by atoms with Gasteiger partial charge in [0, 0.05) is 25.3 Å². The normalized spacial score (nSPS) is 20.4. The zero-order valence-electron chi connectivity index (χ0n) is 16.0. The van der Waals surface area contributed by atoms with E-state index in [0.717, 1.165) is 22.6 Å². The molecule has 2 unspecified atom stereocenters. The van der Waals surface area contributed by atoms with Gasteiger partial charge < -0.3 is 15.1 Å². The molecule has 0 aliphatic carbocycles. The molecule has 5 nitrogen and oxygen atoms in total. The zero-order valence-corrected chi connectivity index (χ0v) is 16.8. The number of carbonyl (C=O) groups excluding carboxylic acids is 1. The summed E-state index contributed by atoms with van der Waals surface area (Å²) in [6, 6.07) is 12.3. The van der Waals surface area contributed by atoms with E-state index in [1.54, 1.807) is 12.1 Å². The van der Waals surface area contributed by atoms with Crippen molar-refractivity contribution in [1.29, 1.82) is 5.26 Å². The molecular formula is C21H18ClF3N4O. The minimum atomic E-state index is -4.91. The van der Waals surface area contributed by atoms with Crippen LogP contribution in [-0.4, -0.2) is 31.7 Å². The lowest BCUT2D eigenvalue weighted by Gasteiger charge is -2.41. The molecule has 0 bridgehead atoms. The average molecular weight is 435 g/mol. The quantitative estimate of drug-likeness (QED) is 0.708. The predicted octanol–water partition coefficient (Wildman–Crippen LogP) is 4.68. The van der Waals surface area contributed by atoms with Crippen LogP contribution in [0.4, 0.5) is 30.2 Å². The van der Waals surface area contributed by atoms with Crippen molar-refractivity contribution in [2.45, 2.75) is 31.1 Å². The van der Waals surface area contributed by atoms with Gasteiger partial charge in [0.15, 0.2) is 0 Å². The number of para-hydroxylation sites is 1. The SMILES string of the molecule is CN1c2ccccc2C2CC(NC(=O)C(F)(F)F)CCN2c2cc(Cl)c(C#N)cc21. The molecule has 4 rings (SSSR count). The van der Waals surface area contributed by atoms with E-state index < -0.39 is 18.1 Å². The molecule has 0 radical (unpaired) electrons. The predicted molar refractivity (Wildman–Crippen MR) is 108 cm³/mol. The molecule has 9 heteroatoms. The summed E-state index contributed by atoms with van der Waals surface area (Å²) in [5, 5.41) is 11.8. The third kappa shape index (κ3) is 3.43. The van der Waals surface area contributed by atoms with E-state index in [0.29, 0.717) is 30.0 Å². The monoisotopic (exact) mass is 434 g/mol. The Balaban J connectivity index is 1.78. The fraction of sp³-hybridized carbons (Fsp3) is 0.333. The van der Waals surface area contributed by atoms with Gasteiger partial charge in [-0.25, -0.2) is 0 Å². The van der Waals surface area contributed by atoms with E-state index >= 15 is 0 Å². The van der Waals surface area contributed by atoms with Crippen LogP contribution in [0, 0.1) is 11.3 Å². The first-order valence-electron chi connectivity index (χ1n) is 9.41. The van der Waals surface area contributed by atoms with Gasteiger partial charge in [0.05, 0.1) is 28.0 Å². The first-order chi connectivity index (χ1) is 14.2. The summed E-state index contributed by atoms with van der Waals surface area (Å²) < 4.78 is 38.2. The number of hydrogen-bond donors (Lipinski definition) is 1. The molecule has 1 amide bonds. The van der Waals surface area contributed by atoms with Crippen LogP contribution in [-0.2, 0) is 4.79 Å². The Labute approximate surface area is 176 Å². The number of rotatable bonds is 1. The molecule has 2 aromatic carbocycles. The second-order valence-electron chi connectivity index (χ2n) is 7.45. The molecule has 2 aliphatic heterocycles. The molecule has 1 N–H and O–H groups in total. The summed E-state index contributed by atoms with van der Waals surface area (Å²) in [5.41, 5.74) is 3.79. The van der Waals surface area contributed by atoms with Crippen molar-refractivity contribution >= 4 is 34.6 Å². The fourth-order valence-corrected chi connectivity index (χ4v) is 4.49. The van der Waals surface area contributed by atoms with Crippen LogP contribution in [0.3, 0.4) is 0 Å². The molecule has 1 saturated heterocycles. The van der Waals surface area contributed by atoms with Crippen LogP contribution < -0.4 is 15.1 Å². The number of carbonyl (C=O) groups is 1. The number of nitrogens with one attached hydrogen (secondary N) is 1. The first-order valence-corrected chi connectivity index (χ1v) is 9.79. The number of halogens is 4. The summed E-state index contributed by atoms with van der Waals surface area (Å²) >= 11 is 6.30. The van der Waals surface area contributed by atoms with E-state index in [1.807, 2.05) is 36.2 Å². The molecule has 0 saturated carbocycles. The van der Waals surface area contributed by atoms with Gasteiger partial charge in [-0.3, -0.25) is 4.79 Å². The van der Waals surface area contributed by atoms with Gasteiger partial charge >= 0.3 is 12.1 Å². The van der Waals surface area contributed by atoms with Crippen molar-refractivity contribution in [3.8, 4) is 6.07 Å². The van der Waals surface area contributed by atoms with Crippen molar-refractivity contribution in [3.63, 3.8) is 0 Å². The topological polar surface area (TPSA) is 59.4 Å². The van der Waals surface area contributed by atoms with Crippen LogP contribution in [0.5, 0.6) is 0 Å². The molecule has 2 atom stereocenters. The second kappa shape index (κ2) is 7.40. The first kappa shape index (κ1) is 20.4. The van der Waals surface area contributed by atoms with Gasteiger partial charge in [0.2, 0.25) is 0 Å². The lowest BCUT2D eigenvalue weighted by molar-refractivity contribution is -0.174. The van der Waals surface area contributed by atoms with Crippen molar-refractivity contribution in [1.82, 2.24) is 5.32 Å². The fourth-order valence-electron chi connectivity index (χ4n) is 4.29. The minimum Gasteiger partial charge on any atom is -0.363 e. The maximum Gasteiger partial charge on any atom is 0.471 e. The number of hydrogen-bond acceptors (Lipinski definition) is 4. The third-order valence-electron chi connectivity index (χ3n) is 5.71. The lowest BCUT2D eigenvalue weighted by Crippen LogP contribution is -2.49. The average Bonchev–Trinajstić information content (AvgIpc) is 2.81. The molecule has 2 heterocycles. The van der Waals surface area contributed by atoms with Crippen LogP contribution in [0.15, 0.2) is 36.4 Å². The molecule has 1 fully saturated rings. The third-order valence-corrected chi connectivity index (χ3v) is 6.02. The Kier molecular flexibility index (Phi) is 5.02. The Morgan fingerprint density at radius 3 is 2.67 bits per heavy atom. The molecule has 30 heavy (non-hydrogen) atoms. The summed E-state index contributed by atoms with van der Waals surface area (Å²) in [6.07, 6.45) is -4.22. The van der Waals surface area contributed by atoms with Gasteiger partial charge in [0.25, 0.3) is 0 Å². The minimum absolute atomic E-state index is 0.249. The van der Waals surface area contributed by atoms with Gasteiger partial charge in [-0.1, -0.05) is 29.8 Å². The molecular weight excluding hydrogens is 417 g/mol. The maximum atomic E-state index is 12.7. The van der Waals surface area contributed by atoms with Crippen molar-refractivity contribution in [2.24, 2.45) is 0 Å². The maximum absolute atomic E-state index is 12.7. The number of benzene rings is 2.